The Balaban J connectivity index is 2.36. The second kappa shape index (κ2) is 3.49. The zero-order chi connectivity index (χ0) is 11.0. The van der Waals surface area contributed by atoms with E-state index in [1.807, 2.05) is 19.3 Å². The van der Waals surface area contributed by atoms with Gasteiger partial charge in [-0.2, -0.15) is 0 Å². The third-order valence-electron chi connectivity index (χ3n) is 2.88. The molecule has 0 radical (unpaired) electrons. The van der Waals surface area contributed by atoms with Crippen molar-refractivity contribution in [3.63, 3.8) is 0 Å². The maximum atomic E-state index is 2.16. The first-order chi connectivity index (χ1) is 7.86. The molecule has 1 aromatic heterocycles. The number of rotatable bonds is 1. The highest BCUT2D eigenvalue weighted by atomic mass is 15.4. The van der Waals surface area contributed by atoms with Crippen LogP contribution in [0.15, 0.2) is 60.9 Å². The van der Waals surface area contributed by atoms with Crippen LogP contribution in [0, 0.1) is 0 Å². The molecule has 0 atom stereocenters. The van der Waals surface area contributed by atoms with Crippen molar-refractivity contribution in [3.05, 3.63) is 60.9 Å². The van der Waals surface area contributed by atoms with Gasteiger partial charge in [0.15, 0.2) is 13.2 Å². The number of benzene rings is 2. The topological polar surface area (TPSA) is 8.81 Å². The first kappa shape index (κ1) is 9.16. The van der Waals surface area contributed by atoms with Crippen molar-refractivity contribution < 1.29 is 4.68 Å². The zero-order valence-corrected chi connectivity index (χ0v) is 9.17. The van der Waals surface area contributed by atoms with Crippen molar-refractivity contribution in [2.45, 2.75) is 0 Å². The van der Waals surface area contributed by atoms with E-state index in [1.54, 1.807) is 0 Å². The van der Waals surface area contributed by atoms with Crippen LogP contribution >= 0.6 is 0 Å². The van der Waals surface area contributed by atoms with E-state index in [9.17, 15) is 0 Å². The number of nitrogens with zero attached hydrogens (tertiary/aromatic N) is 2. The molecule has 0 unspecified atom stereocenters. The maximum Gasteiger partial charge on any atom is 0.195 e. The average molecular weight is 209 g/mol. The van der Waals surface area contributed by atoms with E-state index < -0.39 is 0 Å². The minimum absolute atomic E-state index is 1.21. The van der Waals surface area contributed by atoms with Crippen LogP contribution in [-0.2, 0) is 7.05 Å². The molecule has 0 amide bonds. The molecular formula is C14H13N2+. The van der Waals surface area contributed by atoms with E-state index in [0.717, 1.165) is 0 Å². The SMILES string of the molecule is C[n+]1cccn1-c1cccc2ccccc12. The minimum Gasteiger partial charge on any atom is -0.128 e. The predicted octanol–water partition coefficient (Wildman–Crippen LogP) is 2.46. The van der Waals surface area contributed by atoms with E-state index in [0.29, 0.717) is 0 Å². The van der Waals surface area contributed by atoms with Gasteiger partial charge >= 0.3 is 0 Å². The van der Waals surface area contributed by atoms with Gasteiger partial charge in [-0.1, -0.05) is 36.4 Å². The Bertz CT molecular complexity index is 633. The lowest BCUT2D eigenvalue weighted by molar-refractivity contribution is -0.744. The Kier molecular flexibility index (Phi) is 2.00. The van der Waals surface area contributed by atoms with Gasteiger partial charge in [-0.3, -0.25) is 0 Å². The van der Waals surface area contributed by atoms with Gasteiger partial charge in [-0.15, -0.1) is 9.36 Å². The first-order valence-electron chi connectivity index (χ1n) is 5.38. The Morgan fingerprint density at radius 1 is 0.938 bits per heavy atom. The Hall–Kier alpha value is -2.09. The summed E-state index contributed by atoms with van der Waals surface area (Å²) in [5.74, 6) is 0. The highest BCUT2D eigenvalue weighted by Gasteiger charge is 2.08. The van der Waals surface area contributed by atoms with Crippen LogP contribution in [0.5, 0.6) is 0 Å². The number of aryl methyl sites for hydroxylation is 1. The molecule has 0 N–H and O–H groups in total. The second-order valence-electron chi connectivity index (χ2n) is 3.91. The lowest BCUT2D eigenvalue weighted by Crippen LogP contribution is -2.36. The third-order valence-corrected chi connectivity index (χ3v) is 2.88. The number of fused-ring (bicyclic) bond motifs is 1. The van der Waals surface area contributed by atoms with Crippen LogP contribution in [0.3, 0.4) is 0 Å². The van der Waals surface area contributed by atoms with Crippen LogP contribution in [0.1, 0.15) is 0 Å². The molecule has 0 aliphatic heterocycles. The zero-order valence-electron chi connectivity index (χ0n) is 9.17. The molecule has 0 aliphatic carbocycles. The fraction of sp³-hybridized carbons (Fsp3) is 0.0714. The van der Waals surface area contributed by atoms with Gasteiger partial charge in [0.2, 0.25) is 0 Å². The van der Waals surface area contributed by atoms with E-state index >= 15 is 0 Å². The lowest BCUT2D eigenvalue weighted by Gasteiger charge is -2.04. The minimum atomic E-state index is 1.21. The summed E-state index contributed by atoms with van der Waals surface area (Å²) < 4.78 is 4.21. The van der Waals surface area contributed by atoms with Gasteiger partial charge < -0.3 is 0 Å². The van der Waals surface area contributed by atoms with E-state index in [-0.39, 0.29) is 0 Å². The molecule has 0 saturated heterocycles. The molecule has 0 fully saturated rings. The quantitative estimate of drug-likeness (QED) is 0.544. The lowest BCUT2D eigenvalue weighted by atomic mass is 10.1. The van der Waals surface area contributed by atoms with Gasteiger partial charge in [0.1, 0.15) is 5.69 Å². The van der Waals surface area contributed by atoms with Gasteiger partial charge in [-0.25, -0.2) is 0 Å². The van der Waals surface area contributed by atoms with Crippen molar-refractivity contribution in [3.8, 4) is 5.69 Å². The van der Waals surface area contributed by atoms with Crippen molar-refractivity contribution in [2.24, 2.45) is 7.05 Å². The van der Waals surface area contributed by atoms with E-state index in [2.05, 4.69) is 58.0 Å². The van der Waals surface area contributed by atoms with Crippen LogP contribution in [-0.4, -0.2) is 4.68 Å². The molecule has 0 bridgehead atoms. The molecule has 2 nitrogen and oxygen atoms in total. The molecule has 3 aromatic rings. The van der Waals surface area contributed by atoms with Crippen molar-refractivity contribution in [1.82, 2.24) is 4.68 Å². The first-order valence-corrected chi connectivity index (χ1v) is 5.38. The fourth-order valence-corrected chi connectivity index (χ4v) is 2.08. The van der Waals surface area contributed by atoms with Crippen molar-refractivity contribution >= 4 is 10.8 Å². The Labute approximate surface area is 94.4 Å². The largest absolute Gasteiger partial charge is 0.195 e. The van der Waals surface area contributed by atoms with Gasteiger partial charge in [-0.05, 0) is 11.5 Å². The molecule has 2 aromatic carbocycles. The molecule has 78 valence electrons. The highest BCUT2D eigenvalue weighted by molar-refractivity contribution is 5.89. The highest BCUT2D eigenvalue weighted by Crippen LogP contribution is 2.20. The summed E-state index contributed by atoms with van der Waals surface area (Å²) in [6.45, 7) is 0. The predicted molar refractivity (Wildman–Crippen MR) is 64.5 cm³/mol. The van der Waals surface area contributed by atoms with Crippen LogP contribution in [0.4, 0.5) is 0 Å². The van der Waals surface area contributed by atoms with Gasteiger partial charge in [0.05, 0.1) is 6.20 Å². The summed E-state index contributed by atoms with van der Waals surface area (Å²) in [4.78, 5) is 0. The Morgan fingerprint density at radius 3 is 2.56 bits per heavy atom. The molecule has 1 heterocycles. The molecule has 3 rings (SSSR count). The number of aromatic nitrogens is 2. The Morgan fingerprint density at radius 2 is 1.75 bits per heavy atom. The fourth-order valence-electron chi connectivity index (χ4n) is 2.08. The summed E-state index contributed by atoms with van der Waals surface area (Å²) in [7, 11) is 2.04. The average Bonchev–Trinajstić information content (AvgIpc) is 2.75. The smallest absolute Gasteiger partial charge is 0.128 e. The molecular weight excluding hydrogens is 196 g/mol. The summed E-state index contributed by atoms with van der Waals surface area (Å²) in [5, 5.41) is 2.55. The molecule has 0 saturated carbocycles. The molecule has 0 spiro atoms. The number of hydrogen-bond donors (Lipinski definition) is 0. The summed E-state index contributed by atoms with van der Waals surface area (Å²) in [6, 6.07) is 16.9. The second-order valence-corrected chi connectivity index (χ2v) is 3.91. The van der Waals surface area contributed by atoms with Crippen molar-refractivity contribution in [2.75, 3.05) is 0 Å². The standard InChI is InChI=1S/C14H13N2/c1-15-10-5-11-16(15)14-9-4-7-12-6-2-3-8-13(12)14/h2-11H,1H3/q+1. The summed E-state index contributed by atoms with van der Waals surface area (Å²) >= 11 is 0. The van der Waals surface area contributed by atoms with Gasteiger partial charge in [0, 0.05) is 11.5 Å². The van der Waals surface area contributed by atoms with Gasteiger partial charge in [0.25, 0.3) is 0 Å². The number of hydrogen-bond acceptors (Lipinski definition) is 0. The van der Waals surface area contributed by atoms with Crippen LogP contribution < -0.4 is 4.68 Å². The van der Waals surface area contributed by atoms with Crippen LogP contribution in [0.2, 0.25) is 0 Å². The van der Waals surface area contributed by atoms with Crippen LogP contribution in [0.25, 0.3) is 16.5 Å². The maximum absolute atomic E-state index is 2.16. The van der Waals surface area contributed by atoms with Crippen molar-refractivity contribution in [1.29, 1.82) is 0 Å². The third kappa shape index (κ3) is 1.31. The molecule has 0 aliphatic rings. The summed E-state index contributed by atoms with van der Waals surface area (Å²) in [6.07, 6.45) is 4.11. The summed E-state index contributed by atoms with van der Waals surface area (Å²) in [5.41, 5.74) is 1.21. The monoisotopic (exact) mass is 209 g/mol. The van der Waals surface area contributed by atoms with E-state index in [1.165, 1.54) is 16.5 Å². The normalized spacial score (nSPS) is 10.8. The molecule has 2 heteroatoms. The van der Waals surface area contributed by atoms with E-state index in [4.69, 9.17) is 0 Å². The molecule has 16 heavy (non-hydrogen) atoms.